The van der Waals surface area contributed by atoms with Crippen LogP contribution >= 0.6 is 0 Å². The van der Waals surface area contributed by atoms with Crippen LogP contribution in [-0.2, 0) is 4.79 Å². The van der Waals surface area contributed by atoms with Gasteiger partial charge in [-0.15, -0.1) is 0 Å². The molecule has 0 bridgehead atoms. The summed E-state index contributed by atoms with van der Waals surface area (Å²) in [6, 6.07) is 0. The van der Waals surface area contributed by atoms with Gasteiger partial charge in [-0.2, -0.15) is 0 Å². The molecule has 0 spiro atoms. The van der Waals surface area contributed by atoms with Crippen LogP contribution in [0.15, 0.2) is 0 Å². The molecule has 1 fully saturated rings. The van der Waals surface area contributed by atoms with Crippen LogP contribution in [0.2, 0.25) is 0 Å². The lowest BCUT2D eigenvalue weighted by Gasteiger charge is -1.97. The standard InChI is InChI=1S/C9H17NO/c10-7-1-2-9(11)6-5-8-3-4-8/h8H,1-7,10H2. The molecule has 11 heavy (non-hydrogen) atoms. The van der Waals surface area contributed by atoms with Crippen LogP contribution in [0.25, 0.3) is 0 Å². The largest absolute Gasteiger partial charge is 0.330 e. The van der Waals surface area contributed by atoms with E-state index in [4.69, 9.17) is 5.73 Å². The number of ketones is 1. The second-order valence-corrected chi connectivity index (χ2v) is 3.41. The fourth-order valence-corrected chi connectivity index (χ4v) is 1.20. The minimum Gasteiger partial charge on any atom is -0.330 e. The first-order chi connectivity index (χ1) is 5.33. The van der Waals surface area contributed by atoms with E-state index in [9.17, 15) is 4.79 Å². The lowest BCUT2D eigenvalue weighted by Crippen LogP contribution is -2.04. The highest BCUT2D eigenvalue weighted by Gasteiger charge is 2.21. The maximum Gasteiger partial charge on any atom is 0.132 e. The van der Waals surface area contributed by atoms with E-state index in [0.29, 0.717) is 18.7 Å². The van der Waals surface area contributed by atoms with E-state index >= 15 is 0 Å². The van der Waals surface area contributed by atoms with Crippen molar-refractivity contribution in [2.45, 2.75) is 38.5 Å². The average molecular weight is 155 g/mol. The fourth-order valence-electron chi connectivity index (χ4n) is 1.20. The van der Waals surface area contributed by atoms with Crippen molar-refractivity contribution >= 4 is 5.78 Å². The predicted molar refractivity (Wildman–Crippen MR) is 45.3 cm³/mol. The van der Waals surface area contributed by atoms with E-state index in [1.54, 1.807) is 0 Å². The Morgan fingerprint density at radius 2 is 2.09 bits per heavy atom. The lowest BCUT2D eigenvalue weighted by atomic mass is 10.1. The molecule has 0 aromatic rings. The summed E-state index contributed by atoms with van der Waals surface area (Å²) in [7, 11) is 0. The normalized spacial score (nSPS) is 16.8. The second kappa shape index (κ2) is 4.50. The summed E-state index contributed by atoms with van der Waals surface area (Å²) < 4.78 is 0. The molecule has 64 valence electrons. The van der Waals surface area contributed by atoms with Gasteiger partial charge in [0.05, 0.1) is 0 Å². The van der Waals surface area contributed by atoms with E-state index in [2.05, 4.69) is 0 Å². The molecule has 0 aromatic carbocycles. The molecular formula is C9H17NO. The highest BCUT2D eigenvalue weighted by molar-refractivity contribution is 5.78. The molecule has 2 heteroatoms. The number of Topliss-reactive ketones (excluding diaryl/α,β-unsaturated/α-hetero) is 1. The third-order valence-electron chi connectivity index (χ3n) is 2.19. The van der Waals surface area contributed by atoms with Crippen molar-refractivity contribution in [2.24, 2.45) is 11.7 Å². The quantitative estimate of drug-likeness (QED) is 0.631. The zero-order valence-electron chi connectivity index (χ0n) is 7.01. The Morgan fingerprint density at radius 3 is 2.64 bits per heavy atom. The zero-order chi connectivity index (χ0) is 8.10. The molecule has 1 aliphatic carbocycles. The molecule has 0 amide bonds. The Hall–Kier alpha value is -0.370. The second-order valence-electron chi connectivity index (χ2n) is 3.41. The molecule has 0 atom stereocenters. The molecule has 0 aliphatic heterocycles. The number of hydrogen-bond donors (Lipinski definition) is 1. The van der Waals surface area contributed by atoms with Crippen LogP contribution in [0.4, 0.5) is 0 Å². The van der Waals surface area contributed by atoms with Crippen molar-refractivity contribution in [2.75, 3.05) is 6.54 Å². The van der Waals surface area contributed by atoms with Crippen LogP contribution in [0.1, 0.15) is 38.5 Å². The van der Waals surface area contributed by atoms with Gasteiger partial charge in [-0.25, -0.2) is 0 Å². The number of nitrogens with two attached hydrogens (primary N) is 1. The van der Waals surface area contributed by atoms with E-state index in [-0.39, 0.29) is 0 Å². The van der Waals surface area contributed by atoms with E-state index in [1.165, 1.54) is 12.8 Å². The van der Waals surface area contributed by atoms with Gasteiger partial charge in [-0.3, -0.25) is 4.79 Å². The topological polar surface area (TPSA) is 43.1 Å². The van der Waals surface area contributed by atoms with Crippen LogP contribution in [0, 0.1) is 5.92 Å². The van der Waals surface area contributed by atoms with Gasteiger partial charge in [0.15, 0.2) is 0 Å². The van der Waals surface area contributed by atoms with Crippen LogP contribution < -0.4 is 5.73 Å². The maximum absolute atomic E-state index is 11.1. The Balaban J connectivity index is 1.91. The molecule has 1 aliphatic rings. The van der Waals surface area contributed by atoms with Crippen LogP contribution in [-0.4, -0.2) is 12.3 Å². The van der Waals surface area contributed by atoms with E-state index in [1.807, 2.05) is 0 Å². The van der Waals surface area contributed by atoms with Crippen molar-refractivity contribution in [3.05, 3.63) is 0 Å². The molecule has 0 unspecified atom stereocenters. The Kier molecular flexibility index (Phi) is 3.57. The van der Waals surface area contributed by atoms with Crippen molar-refractivity contribution in [3.8, 4) is 0 Å². The van der Waals surface area contributed by atoms with E-state index in [0.717, 1.165) is 25.2 Å². The molecule has 1 saturated carbocycles. The van der Waals surface area contributed by atoms with Crippen molar-refractivity contribution in [1.82, 2.24) is 0 Å². The van der Waals surface area contributed by atoms with Gasteiger partial charge in [0, 0.05) is 12.8 Å². The Labute approximate surface area is 68.2 Å². The van der Waals surface area contributed by atoms with Gasteiger partial charge in [-0.05, 0) is 25.3 Å². The highest BCUT2D eigenvalue weighted by atomic mass is 16.1. The Bertz CT molecular complexity index is 130. The van der Waals surface area contributed by atoms with Crippen LogP contribution in [0.3, 0.4) is 0 Å². The third kappa shape index (κ3) is 4.14. The summed E-state index contributed by atoms with van der Waals surface area (Å²) in [6.45, 7) is 0.648. The van der Waals surface area contributed by atoms with Gasteiger partial charge in [0.25, 0.3) is 0 Å². The third-order valence-corrected chi connectivity index (χ3v) is 2.19. The fraction of sp³-hybridized carbons (Fsp3) is 0.889. The van der Waals surface area contributed by atoms with Crippen LogP contribution in [0.5, 0.6) is 0 Å². The van der Waals surface area contributed by atoms with Crippen molar-refractivity contribution < 1.29 is 4.79 Å². The minimum absolute atomic E-state index is 0.405. The maximum atomic E-state index is 11.1. The molecule has 2 nitrogen and oxygen atoms in total. The monoisotopic (exact) mass is 155 g/mol. The SMILES string of the molecule is NCCCC(=O)CCC1CC1. The van der Waals surface area contributed by atoms with Gasteiger partial charge in [0.2, 0.25) is 0 Å². The minimum atomic E-state index is 0.405. The first kappa shape index (κ1) is 8.72. The summed E-state index contributed by atoms with van der Waals surface area (Å²) >= 11 is 0. The Morgan fingerprint density at radius 1 is 1.36 bits per heavy atom. The number of hydrogen-bond acceptors (Lipinski definition) is 2. The zero-order valence-corrected chi connectivity index (χ0v) is 7.01. The molecule has 2 N–H and O–H groups in total. The smallest absolute Gasteiger partial charge is 0.132 e. The summed E-state index contributed by atoms with van der Waals surface area (Å²) in [5.41, 5.74) is 5.29. The number of carbonyl (C=O) groups excluding carboxylic acids is 1. The van der Waals surface area contributed by atoms with Crippen molar-refractivity contribution in [1.29, 1.82) is 0 Å². The summed E-state index contributed by atoms with van der Waals surface area (Å²) in [5, 5.41) is 0. The highest BCUT2D eigenvalue weighted by Crippen LogP contribution is 2.33. The van der Waals surface area contributed by atoms with Gasteiger partial charge >= 0.3 is 0 Å². The van der Waals surface area contributed by atoms with Gasteiger partial charge < -0.3 is 5.73 Å². The first-order valence-corrected chi connectivity index (χ1v) is 4.54. The van der Waals surface area contributed by atoms with Crippen molar-refractivity contribution in [3.63, 3.8) is 0 Å². The molecule has 0 saturated heterocycles. The molecule has 0 radical (unpaired) electrons. The van der Waals surface area contributed by atoms with Gasteiger partial charge in [0.1, 0.15) is 5.78 Å². The van der Waals surface area contributed by atoms with E-state index < -0.39 is 0 Å². The first-order valence-electron chi connectivity index (χ1n) is 4.54. The lowest BCUT2D eigenvalue weighted by molar-refractivity contribution is -0.119. The molecular weight excluding hydrogens is 138 g/mol. The predicted octanol–water partition coefficient (Wildman–Crippen LogP) is 1.48. The summed E-state index contributed by atoms with van der Waals surface area (Å²) in [4.78, 5) is 11.1. The molecule has 1 rings (SSSR count). The molecule has 0 heterocycles. The molecule has 0 aromatic heterocycles. The average Bonchev–Trinajstić information content (AvgIpc) is 2.80. The number of rotatable bonds is 6. The van der Waals surface area contributed by atoms with Gasteiger partial charge in [-0.1, -0.05) is 12.8 Å². The summed E-state index contributed by atoms with van der Waals surface area (Å²) in [6.07, 6.45) is 6.19. The summed E-state index contributed by atoms with van der Waals surface area (Å²) in [5.74, 6) is 1.29. The number of carbonyl (C=O) groups is 1.